The predicted octanol–water partition coefficient (Wildman–Crippen LogP) is 2.94. The van der Waals surface area contributed by atoms with Crippen molar-refractivity contribution in [1.82, 2.24) is 4.98 Å². The van der Waals surface area contributed by atoms with Crippen molar-refractivity contribution in [1.29, 1.82) is 0 Å². The standard InChI is InChI=1S/C15H14FNO2/c1-10-9-17-7-6-13(10)14(15(18)19)8-11-2-4-12(16)5-3-11/h2-7,9,14H,8H2,1H3,(H,18,19). The Labute approximate surface area is 110 Å². The van der Waals surface area contributed by atoms with E-state index >= 15 is 0 Å². The summed E-state index contributed by atoms with van der Waals surface area (Å²) < 4.78 is 12.8. The molecule has 0 amide bonds. The van der Waals surface area contributed by atoms with Gasteiger partial charge >= 0.3 is 5.97 Å². The fourth-order valence-electron chi connectivity index (χ4n) is 2.06. The molecule has 98 valence electrons. The van der Waals surface area contributed by atoms with E-state index in [0.717, 1.165) is 16.7 Å². The van der Waals surface area contributed by atoms with Crippen molar-refractivity contribution in [3.63, 3.8) is 0 Å². The Kier molecular flexibility index (Phi) is 3.90. The molecule has 0 fully saturated rings. The van der Waals surface area contributed by atoms with Crippen molar-refractivity contribution in [3.05, 3.63) is 65.2 Å². The Balaban J connectivity index is 2.29. The van der Waals surface area contributed by atoms with Crippen LogP contribution in [0.15, 0.2) is 42.7 Å². The fourth-order valence-corrected chi connectivity index (χ4v) is 2.06. The zero-order chi connectivity index (χ0) is 13.8. The van der Waals surface area contributed by atoms with Crippen LogP contribution in [-0.2, 0) is 11.2 Å². The van der Waals surface area contributed by atoms with E-state index in [1.807, 2.05) is 6.92 Å². The van der Waals surface area contributed by atoms with Crippen LogP contribution in [0.3, 0.4) is 0 Å². The molecule has 0 aliphatic carbocycles. The van der Waals surface area contributed by atoms with E-state index in [-0.39, 0.29) is 5.82 Å². The number of benzene rings is 1. The maximum atomic E-state index is 12.8. The Morgan fingerprint density at radius 3 is 2.58 bits per heavy atom. The summed E-state index contributed by atoms with van der Waals surface area (Å²) in [6.07, 6.45) is 3.57. The Bertz CT molecular complexity index is 581. The number of carboxylic acid groups (broad SMARTS) is 1. The average Bonchev–Trinajstić information content (AvgIpc) is 2.39. The van der Waals surface area contributed by atoms with Crippen molar-refractivity contribution >= 4 is 5.97 Å². The molecule has 1 atom stereocenters. The number of carbonyl (C=O) groups is 1. The first-order valence-electron chi connectivity index (χ1n) is 5.95. The molecule has 1 unspecified atom stereocenters. The fraction of sp³-hybridized carbons (Fsp3) is 0.200. The molecule has 0 aliphatic rings. The lowest BCUT2D eigenvalue weighted by molar-refractivity contribution is -0.138. The first-order valence-corrected chi connectivity index (χ1v) is 5.95. The van der Waals surface area contributed by atoms with Crippen LogP contribution in [0.5, 0.6) is 0 Å². The number of carboxylic acids is 1. The molecule has 1 aromatic carbocycles. The van der Waals surface area contributed by atoms with Gasteiger partial charge in [0.1, 0.15) is 5.82 Å². The molecular formula is C15H14FNO2. The number of hydrogen-bond donors (Lipinski definition) is 1. The van der Waals surface area contributed by atoms with Crippen LogP contribution in [0.2, 0.25) is 0 Å². The van der Waals surface area contributed by atoms with Gasteiger partial charge in [0.25, 0.3) is 0 Å². The zero-order valence-corrected chi connectivity index (χ0v) is 10.5. The largest absolute Gasteiger partial charge is 0.481 e. The summed E-state index contributed by atoms with van der Waals surface area (Å²) in [5.41, 5.74) is 2.38. The molecule has 2 rings (SSSR count). The van der Waals surface area contributed by atoms with E-state index in [9.17, 15) is 14.3 Å². The number of hydrogen-bond acceptors (Lipinski definition) is 2. The summed E-state index contributed by atoms with van der Waals surface area (Å²) in [4.78, 5) is 15.4. The van der Waals surface area contributed by atoms with Crippen LogP contribution in [0, 0.1) is 12.7 Å². The van der Waals surface area contributed by atoms with Gasteiger partial charge in [-0.3, -0.25) is 9.78 Å². The first kappa shape index (κ1) is 13.2. The van der Waals surface area contributed by atoms with Gasteiger partial charge in [-0.15, -0.1) is 0 Å². The van der Waals surface area contributed by atoms with Crippen LogP contribution < -0.4 is 0 Å². The summed E-state index contributed by atoms with van der Waals surface area (Å²) in [6, 6.07) is 7.63. The van der Waals surface area contributed by atoms with E-state index in [2.05, 4.69) is 4.98 Å². The summed E-state index contributed by atoms with van der Waals surface area (Å²) in [5, 5.41) is 9.37. The van der Waals surface area contributed by atoms with Crippen molar-refractivity contribution in [3.8, 4) is 0 Å². The Morgan fingerprint density at radius 1 is 1.32 bits per heavy atom. The number of rotatable bonds is 4. The van der Waals surface area contributed by atoms with E-state index in [1.54, 1.807) is 30.6 Å². The van der Waals surface area contributed by atoms with Crippen molar-refractivity contribution in [2.45, 2.75) is 19.3 Å². The molecule has 0 aliphatic heterocycles. The van der Waals surface area contributed by atoms with Gasteiger partial charge in [-0.2, -0.15) is 0 Å². The van der Waals surface area contributed by atoms with Gasteiger partial charge in [0, 0.05) is 12.4 Å². The molecule has 2 aromatic rings. The number of aliphatic carboxylic acids is 1. The predicted molar refractivity (Wildman–Crippen MR) is 69.5 cm³/mol. The van der Waals surface area contributed by atoms with Crippen LogP contribution in [0.4, 0.5) is 4.39 Å². The molecular weight excluding hydrogens is 245 g/mol. The molecule has 4 heteroatoms. The van der Waals surface area contributed by atoms with Crippen LogP contribution >= 0.6 is 0 Å². The highest BCUT2D eigenvalue weighted by molar-refractivity contribution is 5.77. The molecule has 1 aromatic heterocycles. The summed E-state index contributed by atoms with van der Waals surface area (Å²) in [7, 11) is 0. The molecule has 0 bridgehead atoms. The second kappa shape index (κ2) is 5.61. The quantitative estimate of drug-likeness (QED) is 0.918. The highest BCUT2D eigenvalue weighted by Gasteiger charge is 2.21. The van der Waals surface area contributed by atoms with E-state index in [0.29, 0.717) is 6.42 Å². The van der Waals surface area contributed by atoms with Gasteiger partial charge in [-0.05, 0) is 48.2 Å². The monoisotopic (exact) mass is 259 g/mol. The summed E-state index contributed by atoms with van der Waals surface area (Å²) in [5.74, 6) is -1.86. The Morgan fingerprint density at radius 2 is 2.00 bits per heavy atom. The minimum atomic E-state index is -0.890. The SMILES string of the molecule is Cc1cnccc1C(Cc1ccc(F)cc1)C(=O)O. The van der Waals surface area contributed by atoms with Crippen molar-refractivity contribution < 1.29 is 14.3 Å². The van der Waals surface area contributed by atoms with Crippen LogP contribution in [0.25, 0.3) is 0 Å². The minimum Gasteiger partial charge on any atom is -0.481 e. The molecule has 3 nitrogen and oxygen atoms in total. The summed E-state index contributed by atoms with van der Waals surface area (Å²) in [6.45, 7) is 1.84. The van der Waals surface area contributed by atoms with Gasteiger partial charge in [-0.1, -0.05) is 12.1 Å². The lowest BCUT2D eigenvalue weighted by atomic mass is 9.90. The van der Waals surface area contributed by atoms with Crippen molar-refractivity contribution in [2.75, 3.05) is 0 Å². The van der Waals surface area contributed by atoms with Crippen LogP contribution in [0.1, 0.15) is 22.6 Å². The third-order valence-electron chi connectivity index (χ3n) is 3.09. The van der Waals surface area contributed by atoms with E-state index in [4.69, 9.17) is 0 Å². The topological polar surface area (TPSA) is 50.2 Å². The normalized spacial score (nSPS) is 12.1. The molecule has 0 spiro atoms. The second-order valence-corrected chi connectivity index (χ2v) is 4.45. The molecule has 0 saturated carbocycles. The molecule has 0 saturated heterocycles. The van der Waals surface area contributed by atoms with E-state index < -0.39 is 11.9 Å². The third kappa shape index (κ3) is 3.16. The van der Waals surface area contributed by atoms with Crippen LogP contribution in [-0.4, -0.2) is 16.1 Å². The first-order chi connectivity index (χ1) is 9.08. The van der Waals surface area contributed by atoms with Gasteiger partial charge in [-0.25, -0.2) is 4.39 Å². The van der Waals surface area contributed by atoms with Gasteiger partial charge in [0.05, 0.1) is 5.92 Å². The molecule has 19 heavy (non-hydrogen) atoms. The van der Waals surface area contributed by atoms with E-state index in [1.165, 1.54) is 12.1 Å². The lowest BCUT2D eigenvalue weighted by Crippen LogP contribution is -2.15. The van der Waals surface area contributed by atoms with Crippen molar-refractivity contribution in [2.24, 2.45) is 0 Å². The summed E-state index contributed by atoms with van der Waals surface area (Å²) >= 11 is 0. The maximum absolute atomic E-state index is 12.8. The number of aryl methyl sites for hydroxylation is 1. The van der Waals surface area contributed by atoms with Gasteiger partial charge in [0.2, 0.25) is 0 Å². The van der Waals surface area contributed by atoms with Gasteiger partial charge < -0.3 is 5.11 Å². The number of halogens is 1. The maximum Gasteiger partial charge on any atom is 0.311 e. The second-order valence-electron chi connectivity index (χ2n) is 4.45. The average molecular weight is 259 g/mol. The number of aromatic nitrogens is 1. The third-order valence-corrected chi connectivity index (χ3v) is 3.09. The lowest BCUT2D eigenvalue weighted by Gasteiger charge is -2.15. The molecule has 0 radical (unpaired) electrons. The number of pyridine rings is 1. The Hall–Kier alpha value is -2.23. The zero-order valence-electron chi connectivity index (χ0n) is 10.5. The molecule has 1 N–H and O–H groups in total. The minimum absolute atomic E-state index is 0.323. The highest BCUT2D eigenvalue weighted by Crippen LogP contribution is 2.23. The van der Waals surface area contributed by atoms with Gasteiger partial charge in [0.15, 0.2) is 0 Å². The number of nitrogens with zero attached hydrogens (tertiary/aromatic N) is 1. The smallest absolute Gasteiger partial charge is 0.311 e. The highest BCUT2D eigenvalue weighted by atomic mass is 19.1. The molecule has 1 heterocycles.